The topological polar surface area (TPSA) is 32.3 Å². The minimum Gasteiger partial charge on any atom is -0.334 e. The average Bonchev–Trinajstić information content (AvgIpc) is 2.76. The maximum Gasteiger partial charge on any atom is 0.401 e. The first-order chi connectivity index (χ1) is 8.88. The van der Waals surface area contributed by atoms with E-state index in [2.05, 4.69) is 5.32 Å². The van der Waals surface area contributed by atoms with Crippen LogP contribution in [0.15, 0.2) is 11.4 Å². The smallest absolute Gasteiger partial charge is 0.334 e. The van der Waals surface area contributed by atoms with Crippen LogP contribution in [0.1, 0.15) is 23.4 Å². The molecule has 2 rings (SSSR count). The fraction of sp³-hybridized carbons (Fsp3) is 0.583. The van der Waals surface area contributed by atoms with Gasteiger partial charge in [0.1, 0.15) is 0 Å². The quantitative estimate of drug-likeness (QED) is 0.927. The molecule has 0 fully saturated rings. The summed E-state index contributed by atoms with van der Waals surface area (Å²) in [5.41, 5.74) is 1.11. The monoisotopic (exact) mass is 292 g/mol. The van der Waals surface area contributed by atoms with Crippen molar-refractivity contribution in [1.29, 1.82) is 0 Å². The molecule has 2 heterocycles. The maximum atomic E-state index is 12.0. The highest BCUT2D eigenvalue weighted by atomic mass is 32.1. The number of nitrogens with zero attached hydrogens (tertiary/aromatic N) is 1. The third-order valence-corrected chi connectivity index (χ3v) is 4.20. The Morgan fingerprint density at radius 2 is 2.32 bits per heavy atom. The van der Waals surface area contributed by atoms with Gasteiger partial charge in [0.25, 0.3) is 0 Å². The van der Waals surface area contributed by atoms with Gasteiger partial charge < -0.3 is 10.2 Å². The van der Waals surface area contributed by atoms with Crippen LogP contribution in [0, 0.1) is 0 Å². The predicted molar refractivity (Wildman–Crippen MR) is 67.1 cm³/mol. The van der Waals surface area contributed by atoms with Crippen LogP contribution in [-0.2, 0) is 11.2 Å². The summed E-state index contributed by atoms with van der Waals surface area (Å²) in [6, 6.07) is 1.92. The lowest BCUT2D eigenvalue weighted by Gasteiger charge is -2.33. The molecule has 1 aliphatic heterocycles. The first kappa shape index (κ1) is 14.3. The SMILES string of the molecule is CC1c2ccsc2CCN1C(=O)CNCC(F)(F)F. The molecule has 0 saturated carbocycles. The fourth-order valence-electron chi connectivity index (χ4n) is 2.26. The fourth-order valence-corrected chi connectivity index (χ4v) is 3.23. The van der Waals surface area contributed by atoms with E-state index in [9.17, 15) is 18.0 Å². The Morgan fingerprint density at radius 1 is 1.58 bits per heavy atom. The van der Waals surface area contributed by atoms with Crippen molar-refractivity contribution in [3.63, 3.8) is 0 Å². The number of alkyl halides is 3. The lowest BCUT2D eigenvalue weighted by atomic mass is 10.0. The van der Waals surface area contributed by atoms with Gasteiger partial charge in [0.15, 0.2) is 0 Å². The van der Waals surface area contributed by atoms with Crippen molar-refractivity contribution < 1.29 is 18.0 Å². The summed E-state index contributed by atoms with van der Waals surface area (Å²) in [6.07, 6.45) is -3.50. The Bertz CT molecular complexity index is 458. The molecular formula is C12H15F3N2OS. The lowest BCUT2D eigenvalue weighted by molar-refractivity contribution is -0.136. The van der Waals surface area contributed by atoms with Crippen LogP contribution in [0.5, 0.6) is 0 Å². The zero-order valence-electron chi connectivity index (χ0n) is 10.5. The van der Waals surface area contributed by atoms with Gasteiger partial charge in [-0.3, -0.25) is 4.79 Å². The second-order valence-corrected chi connectivity index (χ2v) is 5.53. The van der Waals surface area contributed by atoms with Crippen LogP contribution >= 0.6 is 11.3 Å². The third kappa shape index (κ3) is 3.48. The van der Waals surface area contributed by atoms with E-state index >= 15 is 0 Å². The van der Waals surface area contributed by atoms with E-state index in [1.54, 1.807) is 16.2 Å². The Labute approximate surface area is 113 Å². The van der Waals surface area contributed by atoms with Crippen LogP contribution in [-0.4, -0.2) is 36.6 Å². The van der Waals surface area contributed by atoms with Crippen molar-refractivity contribution in [3.05, 3.63) is 21.9 Å². The molecule has 0 aliphatic carbocycles. The summed E-state index contributed by atoms with van der Waals surface area (Å²) in [7, 11) is 0. The Morgan fingerprint density at radius 3 is 3.00 bits per heavy atom. The van der Waals surface area contributed by atoms with E-state index in [1.165, 1.54) is 4.88 Å². The molecule has 0 aromatic carbocycles. The molecule has 19 heavy (non-hydrogen) atoms. The molecule has 1 atom stereocenters. The molecule has 0 bridgehead atoms. The van der Waals surface area contributed by atoms with Gasteiger partial charge in [-0.05, 0) is 30.4 Å². The second kappa shape index (κ2) is 5.50. The van der Waals surface area contributed by atoms with E-state index in [0.717, 1.165) is 12.0 Å². The van der Waals surface area contributed by atoms with E-state index < -0.39 is 12.7 Å². The molecule has 1 aromatic rings. The van der Waals surface area contributed by atoms with E-state index in [1.807, 2.05) is 18.4 Å². The molecule has 0 saturated heterocycles. The van der Waals surface area contributed by atoms with Gasteiger partial charge in [-0.15, -0.1) is 11.3 Å². The Kier molecular flexibility index (Phi) is 4.15. The summed E-state index contributed by atoms with van der Waals surface area (Å²) in [5, 5.41) is 4.13. The predicted octanol–water partition coefficient (Wildman–Crippen LogP) is 2.35. The van der Waals surface area contributed by atoms with E-state index in [4.69, 9.17) is 0 Å². The van der Waals surface area contributed by atoms with Crippen molar-refractivity contribution in [3.8, 4) is 0 Å². The van der Waals surface area contributed by atoms with Crippen LogP contribution in [0.2, 0.25) is 0 Å². The molecule has 1 unspecified atom stereocenters. The van der Waals surface area contributed by atoms with Crippen molar-refractivity contribution in [2.75, 3.05) is 19.6 Å². The van der Waals surface area contributed by atoms with Gasteiger partial charge in [-0.1, -0.05) is 0 Å². The van der Waals surface area contributed by atoms with Crippen LogP contribution in [0.3, 0.4) is 0 Å². The number of nitrogens with one attached hydrogen (secondary N) is 1. The number of fused-ring (bicyclic) bond motifs is 1. The summed E-state index contributed by atoms with van der Waals surface area (Å²) < 4.78 is 36.0. The van der Waals surface area contributed by atoms with Gasteiger partial charge in [0, 0.05) is 11.4 Å². The number of rotatable bonds is 3. The van der Waals surface area contributed by atoms with Crippen LogP contribution in [0.25, 0.3) is 0 Å². The zero-order chi connectivity index (χ0) is 14.0. The minimum absolute atomic E-state index is 0.0600. The molecule has 1 amide bonds. The second-order valence-electron chi connectivity index (χ2n) is 4.53. The average molecular weight is 292 g/mol. The number of hydrogen-bond donors (Lipinski definition) is 1. The van der Waals surface area contributed by atoms with Crippen molar-refractivity contribution >= 4 is 17.2 Å². The molecule has 0 spiro atoms. The minimum atomic E-state index is -4.28. The van der Waals surface area contributed by atoms with Gasteiger partial charge in [-0.25, -0.2) is 0 Å². The number of carbonyl (C=O) groups is 1. The number of hydrogen-bond acceptors (Lipinski definition) is 3. The van der Waals surface area contributed by atoms with E-state index in [0.29, 0.717) is 6.54 Å². The summed E-state index contributed by atoms with van der Waals surface area (Å²) in [5.74, 6) is -0.284. The highest BCUT2D eigenvalue weighted by molar-refractivity contribution is 7.10. The van der Waals surface area contributed by atoms with Crippen LogP contribution < -0.4 is 5.32 Å². The first-order valence-corrected chi connectivity index (χ1v) is 6.89. The third-order valence-electron chi connectivity index (χ3n) is 3.20. The van der Waals surface area contributed by atoms with Crippen LogP contribution in [0.4, 0.5) is 13.2 Å². The molecular weight excluding hydrogens is 277 g/mol. The molecule has 1 aromatic heterocycles. The molecule has 106 valence electrons. The number of carbonyl (C=O) groups excluding carboxylic acids is 1. The highest BCUT2D eigenvalue weighted by Crippen LogP contribution is 2.32. The van der Waals surface area contributed by atoms with Gasteiger partial charge in [-0.2, -0.15) is 13.2 Å². The van der Waals surface area contributed by atoms with Crippen molar-refractivity contribution in [1.82, 2.24) is 10.2 Å². The van der Waals surface area contributed by atoms with E-state index in [-0.39, 0.29) is 18.5 Å². The van der Waals surface area contributed by atoms with Crippen molar-refractivity contribution in [2.24, 2.45) is 0 Å². The van der Waals surface area contributed by atoms with Gasteiger partial charge in [0.05, 0.1) is 19.1 Å². The Balaban J connectivity index is 1.91. The number of halogens is 3. The summed E-state index contributed by atoms with van der Waals surface area (Å²) in [4.78, 5) is 14.8. The lowest BCUT2D eigenvalue weighted by Crippen LogP contribution is -2.44. The first-order valence-electron chi connectivity index (χ1n) is 6.01. The van der Waals surface area contributed by atoms with Crippen molar-refractivity contribution in [2.45, 2.75) is 25.6 Å². The summed E-state index contributed by atoms with van der Waals surface area (Å²) in [6.45, 7) is 1.07. The standard InChI is InChI=1S/C12H15F3N2OS/c1-8-9-3-5-19-10(9)2-4-17(8)11(18)6-16-7-12(13,14)15/h3,5,8,16H,2,4,6-7H2,1H3. The number of amides is 1. The maximum absolute atomic E-state index is 12.0. The molecule has 3 nitrogen and oxygen atoms in total. The largest absolute Gasteiger partial charge is 0.401 e. The number of thiophene rings is 1. The Hall–Kier alpha value is -1.08. The van der Waals surface area contributed by atoms with Gasteiger partial charge in [0.2, 0.25) is 5.91 Å². The molecule has 1 N–H and O–H groups in total. The van der Waals surface area contributed by atoms with Gasteiger partial charge >= 0.3 is 6.18 Å². The molecule has 1 aliphatic rings. The summed E-state index contributed by atoms with van der Waals surface area (Å²) >= 11 is 1.66. The zero-order valence-corrected chi connectivity index (χ0v) is 11.3. The molecule has 7 heteroatoms. The highest BCUT2D eigenvalue weighted by Gasteiger charge is 2.30. The molecule has 0 radical (unpaired) electrons. The normalized spacial score (nSPS) is 19.4.